The molecule has 0 saturated heterocycles. The third-order valence-electron chi connectivity index (χ3n) is 4.11. The fourth-order valence-corrected chi connectivity index (χ4v) is 2.68. The highest BCUT2D eigenvalue weighted by atomic mass is 16.5. The molecule has 6 heteroatoms. The van der Waals surface area contributed by atoms with Crippen LogP contribution < -0.4 is 4.74 Å². The number of hydrogen-bond donors (Lipinski definition) is 0. The normalized spacial score (nSPS) is 16.9. The molecule has 0 unspecified atom stereocenters. The summed E-state index contributed by atoms with van der Waals surface area (Å²) in [4.78, 5) is 4.69. The van der Waals surface area contributed by atoms with Crippen molar-refractivity contribution in [2.75, 3.05) is 0 Å². The second-order valence-electron chi connectivity index (χ2n) is 5.90. The van der Waals surface area contributed by atoms with Crippen LogP contribution in [0.15, 0.2) is 30.9 Å². The highest BCUT2D eigenvalue weighted by molar-refractivity contribution is 5.63. The molecule has 0 aliphatic heterocycles. The summed E-state index contributed by atoms with van der Waals surface area (Å²) < 4.78 is 9.75. The van der Waals surface area contributed by atoms with E-state index in [9.17, 15) is 0 Å². The molecule has 1 aliphatic rings. The summed E-state index contributed by atoms with van der Waals surface area (Å²) in [5.74, 6) is 0.649. The summed E-state index contributed by atoms with van der Waals surface area (Å²) in [6.07, 6.45) is 10.8. The molecule has 0 atom stereocenters. The highest BCUT2D eigenvalue weighted by Gasteiger charge is 2.35. The molecule has 1 fully saturated rings. The van der Waals surface area contributed by atoms with E-state index < -0.39 is 0 Å². The zero-order valence-electron chi connectivity index (χ0n) is 12.2. The van der Waals surface area contributed by atoms with Crippen molar-refractivity contribution in [1.82, 2.24) is 24.4 Å². The van der Waals surface area contributed by atoms with Gasteiger partial charge in [0, 0.05) is 18.8 Å². The molecule has 0 spiro atoms. The van der Waals surface area contributed by atoms with E-state index in [-0.39, 0.29) is 5.60 Å². The second kappa shape index (κ2) is 4.31. The zero-order valence-corrected chi connectivity index (χ0v) is 12.2. The molecule has 0 aromatic carbocycles. The van der Waals surface area contributed by atoms with Crippen LogP contribution in [0.2, 0.25) is 0 Å². The van der Waals surface area contributed by atoms with Crippen LogP contribution >= 0.6 is 0 Å². The minimum absolute atomic E-state index is 0.0919. The molecule has 4 rings (SSSR count). The van der Waals surface area contributed by atoms with Crippen LogP contribution in [0.25, 0.3) is 16.8 Å². The first-order chi connectivity index (χ1) is 10.1. The first kappa shape index (κ1) is 12.4. The van der Waals surface area contributed by atoms with Gasteiger partial charge in [-0.3, -0.25) is 4.68 Å². The maximum absolute atomic E-state index is 6.18. The largest absolute Gasteiger partial charge is 0.470 e. The lowest BCUT2D eigenvalue weighted by molar-refractivity contribution is 0.00844. The molecule has 6 nitrogen and oxygen atoms in total. The van der Waals surface area contributed by atoms with E-state index in [0.717, 1.165) is 29.6 Å². The van der Waals surface area contributed by atoms with Crippen molar-refractivity contribution in [2.45, 2.75) is 31.8 Å². The Kier molecular flexibility index (Phi) is 2.54. The van der Waals surface area contributed by atoms with Crippen LogP contribution in [-0.4, -0.2) is 30.0 Å². The van der Waals surface area contributed by atoms with Crippen molar-refractivity contribution in [3.63, 3.8) is 0 Å². The molecule has 0 N–H and O–H groups in total. The Morgan fingerprint density at radius 2 is 2.10 bits per heavy atom. The molecule has 3 aromatic heterocycles. The fourth-order valence-electron chi connectivity index (χ4n) is 2.68. The SMILES string of the molecule is Cn1cc(-c2cn3nccc3c(OC3(C)CCC3)n2)cn1. The highest BCUT2D eigenvalue weighted by Crippen LogP contribution is 2.37. The van der Waals surface area contributed by atoms with Gasteiger partial charge < -0.3 is 4.74 Å². The van der Waals surface area contributed by atoms with E-state index in [1.807, 2.05) is 30.0 Å². The van der Waals surface area contributed by atoms with Crippen molar-refractivity contribution in [3.8, 4) is 17.1 Å². The van der Waals surface area contributed by atoms with Crippen LogP contribution in [0, 0.1) is 0 Å². The Morgan fingerprint density at radius 3 is 2.76 bits per heavy atom. The van der Waals surface area contributed by atoms with Crippen LogP contribution in [0.4, 0.5) is 0 Å². The van der Waals surface area contributed by atoms with Crippen LogP contribution in [0.5, 0.6) is 5.88 Å². The first-order valence-corrected chi connectivity index (χ1v) is 7.15. The Hall–Kier alpha value is -2.37. The van der Waals surface area contributed by atoms with E-state index in [4.69, 9.17) is 4.74 Å². The lowest BCUT2D eigenvalue weighted by Gasteiger charge is -2.38. The van der Waals surface area contributed by atoms with Crippen molar-refractivity contribution in [1.29, 1.82) is 0 Å². The quantitative estimate of drug-likeness (QED) is 0.741. The Labute approximate surface area is 122 Å². The molecule has 1 aliphatic carbocycles. The van der Waals surface area contributed by atoms with Gasteiger partial charge in [0.05, 0.1) is 24.3 Å². The maximum atomic E-state index is 6.18. The molecule has 0 amide bonds. The van der Waals surface area contributed by atoms with Gasteiger partial charge in [0.1, 0.15) is 11.1 Å². The number of hydrogen-bond acceptors (Lipinski definition) is 4. The van der Waals surface area contributed by atoms with Gasteiger partial charge in [-0.05, 0) is 32.3 Å². The Bertz CT molecular complexity index is 799. The van der Waals surface area contributed by atoms with Gasteiger partial charge in [-0.2, -0.15) is 10.2 Å². The molecule has 3 heterocycles. The third-order valence-corrected chi connectivity index (χ3v) is 4.11. The lowest BCUT2D eigenvalue weighted by Crippen LogP contribution is -2.40. The minimum atomic E-state index is -0.0919. The van der Waals surface area contributed by atoms with Crippen molar-refractivity contribution in [3.05, 3.63) is 30.9 Å². The monoisotopic (exact) mass is 283 g/mol. The smallest absolute Gasteiger partial charge is 0.241 e. The van der Waals surface area contributed by atoms with Gasteiger partial charge in [0.15, 0.2) is 0 Å². The molecular weight excluding hydrogens is 266 g/mol. The average Bonchev–Trinajstić information content (AvgIpc) is 3.05. The van der Waals surface area contributed by atoms with Gasteiger partial charge in [-0.1, -0.05) is 0 Å². The van der Waals surface area contributed by atoms with Crippen molar-refractivity contribution < 1.29 is 4.74 Å². The Balaban J connectivity index is 1.82. The summed E-state index contributed by atoms with van der Waals surface area (Å²) in [6, 6.07) is 1.93. The summed E-state index contributed by atoms with van der Waals surface area (Å²) in [6.45, 7) is 2.14. The lowest BCUT2D eigenvalue weighted by atomic mass is 9.82. The topological polar surface area (TPSA) is 57.2 Å². The third kappa shape index (κ3) is 2.07. The van der Waals surface area contributed by atoms with E-state index >= 15 is 0 Å². The molecule has 3 aromatic rings. The average molecular weight is 283 g/mol. The van der Waals surface area contributed by atoms with Gasteiger partial charge in [-0.25, -0.2) is 9.50 Å². The summed E-state index contributed by atoms with van der Waals surface area (Å²) in [5.41, 5.74) is 2.58. The van der Waals surface area contributed by atoms with E-state index in [2.05, 4.69) is 22.1 Å². The Morgan fingerprint density at radius 1 is 1.24 bits per heavy atom. The summed E-state index contributed by atoms with van der Waals surface area (Å²) in [7, 11) is 1.89. The van der Waals surface area contributed by atoms with E-state index in [1.165, 1.54) is 6.42 Å². The van der Waals surface area contributed by atoms with Crippen molar-refractivity contribution in [2.24, 2.45) is 7.05 Å². The van der Waals surface area contributed by atoms with Gasteiger partial charge in [0.2, 0.25) is 5.88 Å². The maximum Gasteiger partial charge on any atom is 0.241 e. The minimum Gasteiger partial charge on any atom is -0.470 e. The zero-order chi connectivity index (χ0) is 14.4. The second-order valence-corrected chi connectivity index (χ2v) is 5.90. The first-order valence-electron chi connectivity index (χ1n) is 7.15. The van der Waals surface area contributed by atoms with Crippen LogP contribution in [0.3, 0.4) is 0 Å². The number of fused-ring (bicyclic) bond motifs is 1. The molecule has 1 saturated carbocycles. The standard InChI is InChI=1S/C15H17N5O/c1-15(5-3-6-15)21-14-13-4-7-16-20(13)10-12(18-14)11-8-17-19(2)9-11/h4,7-10H,3,5-6H2,1-2H3. The number of aromatic nitrogens is 5. The van der Waals surface area contributed by atoms with E-state index in [1.54, 1.807) is 17.1 Å². The number of rotatable bonds is 3. The van der Waals surface area contributed by atoms with E-state index in [0.29, 0.717) is 5.88 Å². The van der Waals surface area contributed by atoms with Gasteiger partial charge in [-0.15, -0.1) is 0 Å². The number of aryl methyl sites for hydroxylation is 1. The summed E-state index contributed by atoms with van der Waals surface area (Å²) >= 11 is 0. The predicted octanol–water partition coefficient (Wildman–Crippen LogP) is 2.45. The number of nitrogens with zero attached hydrogens (tertiary/aromatic N) is 5. The molecule has 21 heavy (non-hydrogen) atoms. The molecule has 108 valence electrons. The molecule has 0 radical (unpaired) electrons. The fraction of sp³-hybridized carbons (Fsp3) is 0.400. The van der Waals surface area contributed by atoms with Crippen LogP contribution in [-0.2, 0) is 7.05 Å². The predicted molar refractivity (Wildman–Crippen MR) is 78.1 cm³/mol. The van der Waals surface area contributed by atoms with Crippen LogP contribution in [0.1, 0.15) is 26.2 Å². The molecule has 0 bridgehead atoms. The number of ether oxygens (including phenoxy) is 1. The van der Waals surface area contributed by atoms with Crippen molar-refractivity contribution >= 4 is 5.52 Å². The molecular formula is C15H17N5O. The summed E-state index contributed by atoms with van der Waals surface area (Å²) in [5, 5.41) is 8.51. The van der Waals surface area contributed by atoms with Gasteiger partial charge >= 0.3 is 0 Å². The van der Waals surface area contributed by atoms with Gasteiger partial charge in [0.25, 0.3) is 0 Å².